The molecule has 3 heterocycles. The Labute approximate surface area is 192 Å². The Morgan fingerprint density at radius 3 is 2.47 bits per heavy atom. The lowest BCUT2D eigenvalue weighted by atomic mass is 10.1. The van der Waals surface area contributed by atoms with Crippen LogP contribution in [0.1, 0.15) is 32.4 Å². The maximum atomic E-state index is 13.1. The van der Waals surface area contributed by atoms with Crippen molar-refractivity contribution in [1.29, 1.82) is 0 Å². The molecular weight excluding hydrogens is 471 g/mol. The number of rotatable bonds is 5. The first-order valence-corrected chi connectivity index (χ1v) is 12.0. The van der Waals surface area contributed by atoms with Gasteiger partial charge in [0.2, 0.25) is 5.43 Å². The first-order chi connectivity index (χ1) is 15.9. The summed E-state index contributed by atoms with van der Waals surface area (Å²) in [5.41, 5.74) is -1.07. The van der Waals surface area contributed by atoms with Crippen LogP contribution < -0.4 is 5.43 Å². The smallest absolute Gasteiger partial charge is 0.416 e. The largest absolute Gasteiger partial charge is 0.463 e. The Hall–Kier alpha value is -3.47. The van der Waals surface area contributed by atoms with Crippen LogP contribution in [0.4, 0.5) is 13.2 Å². The van der Waals surface area contributed by atoms with E-state index in [-0.39, 0.29) is 38.9 Å². The molecule has 0 fully saturated rings. The van der Waals surface area contributed by atoms with Gasteiger partial charge >= 0.3 is 6.18 Å². The van der Waals surface area contributed by atoms with Gasteiger partial charge in [0.1, 0.15) is 11.8 Å². The summed E-state index contributed by atoms with van der Waals surface area (Å²) in [6.07, 6.45) is 1.10. The first kappa shape index (κ1) is 23.7. The molecule has 1 aromatic carbocycles. The lowest BCUT2D eigenvalue weighted by Crippen LogP contribution is -2.12. The maximum absolute atomic E-state index is 13.1. The number of fused-ring (bicyclic) bond motifs is 1. The summed E-state index contributed by atoms with van der Waals surface area (Å²) in [4.78, 5) is 17.2. The number of nitrogens with zero attached hydrogens (tertiary/aromatic N) is 3. The van der Waals surface area contributed by atoms with Gasteiger partial charge in [0.05, 0.1) is 39.1 Å². The van der Waals surface area contributed by atoms with Crippen LogP contribution >= 0.6 is 0 Å². The lowest BCUT2D eigenvalue weighted by Gasteiger charge is -2.11. The lowest BCUT2D eigenvalue weighted by molar-refractivity contribution is -0.137. The van der Waals surface area contributed by atoms with Crippen LogP contribution in [0, 0.1) is 0 Å². The van der Waals surface area contributed by atoms with Crippen LogP contribution in [-0.2, 0) is 16.0 Å². The van der Waals surface area contributed by atoms with Crippen LogP contribution in [0.25, 0.3) is 33.4 Å². The highest BCUT2D eigenvalue weighted by Crippen LogP contribution is 2.33. The number of alkyl halides is 3. The van der Waals surface area contributed by atoms with Crippen molar-refractivity contribution in [1.82, 2.24) is 14.8 Å². The second-order valence-electron chi connectivity index (χ2n) is 7.96. The summed E-state index contributed by atoms with van der Waals surface area (Å²) < 4.78 is 71.8. The van der Waals surface area contributed by atoms with Crippen molar-refractivity contribution in [3.05, 3.63) is 64.9 Å². The predicted molar refractivity (Wildman–Crippen MR) is 120 cm³/mol. The molecule has 0 aliphatic rings. The third-order valence-electron chi connectivity index (χ3n) is 5.39. The van der Waals surface area contributed by atoms with Gasteiger partial charge in [-0.05, 0) is 38.1 Å². The van der Waals surface area contributed by atoms with Gasteiger partial charge in [-0.2, -0.15) is 18.3 Å². The molecule has 0 spiro atoms. The molecule has 0 aliphatic carbocycles. The van der Waals surface area contributed by atoms with E-state index in [0.717, 1.165) is 24.5 Å². The van der Waals surface area contributed by atoms with Crippen LogP contribution in [0.2, 0.25) is 0 Å². The fourth-order valence-electron chi connectivity index (χ4n) is 3.43. The Morgan fingerprint density at radius 2 is 1.85 bits per heavy atom. The molecule has 0 saturated carbocycles. The highest BCUT2D eigenvalue weighted by atomic mass is 32.2. The van der Waals surface area contributed by atoms with E-state index in [2.05, 4.69) is 10.1 Å². The Kier molecular flexibility index (Phi) is 5.84. The van der Waals surface area contributed by atoms with Gasteiger partial charge in [-0.25, -0.2) is 8.42 Å². The molecule has 0 amide bonds. The second kappa shape index (κ2) is 8.39. The molecular formula is C23H20F3N3O4S. The van der Waals surface area contributed by atoms with Crippen molar-refractivity contribution in [2.45, 2.75) is 37.9 Å². The number of aromatic nitrogens is 3. The van der Waals surface area contributed by atoms with Gasteiger partial charge in [0.15, 0.2) is 9.84 Å². The minimum Gasteiger partial charge on any atom is -0.463 e. The second-order valence-corrected chi connectivity index (χ2v) is 10.2. The zero-order valence-corrected chi connectivity index (χ0v) is 19.2. The summed E-state index contributed by atoms with van der Waals surface area (Å²) >= 11 is 0. The third kappa shape index (κ3) is 4.23. The van der Waals surface area contributed by atoms with Crippen molar-refractivity contribution in [3.8, 4) is 22.4 Å². The molecule has 0 saturated heterocycles. The van der Waals surface area contributed by atoms with Gasteiger partial charge < -0.3 is 4.42 Å². The Morgan fingerprint density at radius 1 is 1.12 bits per heavy atom. The molecule has 11 heteroatoms. The monoisotopic (exact) mass is 491 g/mol. The van der Waals surface area contributed by atoms with Crippen LogP contribution in [0.5, 0.6) is 0 Å². The van der Waals surface area contributed by atoms with E-state index in [9.17, 15) is 26.4 Å². The molecule has 4 rings (SSSR count). The average molecular weight is 491 g/mol. The van der Waals surface area contributed by atoms with Crippen molar-refractivity contribution < 1.29 is 26.0 Å². The number of benzene rings is 1. The molecule has 7 nitrogen and oxygen atoms in total. The van der Waals surface area contributed by atoms with Crippen molar-refractivity contribution in [3.63, 3.8) is 0 Å². The normalized spacial score (nSPS) is 12.6. The summed E-state index contributed by atoms with van der Waals surface area (Å²) in [7, 11) is -3.83. The number of halogens is 3. The van der Waals surface area contributed by atoms with Gasteiger partial charge in [-0.3, -0.25) is 14.5 Å². The van der Waals surface area contributed by atoms with Gasteiger partial charge in [0, 0.05) is 29.6 Å². The van der Waals surface area contributed by atoms with Crippen LogP contribution in [-0.4, -0.2) is 28.9 Å². The number of hydrogen-bond acceptors (Lipinski definition) is 6. The van der Waals surface area contributed by atoms with Crippen molar-refractivity contribution in [2.75, 3.05) is 5.75 Å². The number of pyridine rings is 1. The average Bonchev–Trinajstić information content (AvgIpc) is 3.29. The predicted octanol–water partition coefficient (Wildman–Crippen LogP) is 5.11. The molecule has 0 unspecified atom stereocenters. The molecule has 0 atom stereocenters. The maximum Gasteiger partial charge on any atom is 0.416 e. The van der Waals surface area contributed by atoms with Gasteiger partial charge in [0.25, 0.3) is 0 Å². The molecule has 34 heavy (non-hydrogen) atoms. The highest BCUT2D eigenvalue weighted by molar-refractivity contribution is 7.91. The van der Waals surface area contributed by atoms with E-state index in [4.69, 9.17) is 4.42 Å². The number of sulfone groups is 1. The van der Waals surface area contributed by atoms with E-state index < -0.39 is 27.0 Å². The van der Waals surface area contributed by atoms with Crippen LogP contribution in [0.3, 0.4) is 0 Å². The van der Waals surface area contributed by atoms with E-state index in [0.29, 0.717) is 11.1 Å². The SMILES string of the molecule is CCS(=O)(=O)c1cc(-c2cnn(C(C)C)c2)cnc1-c1coc2cc(C(F)(F)F)ccc2c1=O. The van der Waals surface area contributed by atoms with E-state index in [1.807, 2.05) is 13.8 Å². The zero-order valence-electron chi connectivity index (χ0n) is 18.4. The van der Waals surface area contributed by atoms with Gasteiger partial charge in [-0.1, -0.05) is 6.92 Å². The summed E-state index contributed by atoms with van der Waals surface area (Å²) in [5, 5.41) is 4.14. The Balaban J connectivity index is 1.91. The van der Waals surface area contributed by atoms with Crippen molar-refractivity contribution in [2.24, 2.45) is 0 Å². The molecule has 178 valence electrons. The van der Waals surface area contributed by atoms with E-state index >= 15 is 0 Å². The number of hydrogen-bond donors (Lipinski definition) is 0. The van der Waals surface area contributed by atoms with E-state index in [1.54, 1.807) is 17.1 Å². The minimum absolute atomic E-state index is 0.0971. The molecule has 4 aromatic rings. The molecule has 0 aliphatic heterocycles. The fourth-order valence-corrected chi connectivity index (χ4v) is 4.51. The van der Waals surface area contributed by atoms with E-state index in [1.165, 1.54) is 19.2 Å². The fraction of sp³-hybridized carbons (Fsp3) is 0.261. The molecule has 0 bridgehead atoms. The topological polar surface area (TPSA) is 95.1 Å². The Bertz CT molecular complexity index is 1550. The minimum atomic E-state index is -4.60. The quantitative estimate of drug-likeness (QED) is 0.385. The first-order valence-electron chi connectivity index (χ1n) is 10.3. The standard InChI is InChI=1S/C23H20F3N3O4S/c1-4-34(31,32)20-7-14(15-10-28-29(11-15)13(2)3)9-27-21(20)18-12-33-19-8-16(23(24,25)26)5-6-17(19)22(18)30/h5-13H,4H2,1-3H3. The summed E-state index contributed by atoms with van der Waals surface area (Å²) in [6, 6.07) is 4.03. The van der Waals surface area contributed by atoms with Gasteiger partial charge in [-0.15, -0.1) is 0 Å². The molecule has 3 aromatic heterocycles. The highest BCUT2D eigenvalue weighted by Gasteiger charge is 2.31. The summed E-state index contributed by atoms with van der Waals surface area (Å²) in [6.45, 7) is 5.35. The van der Waals surface area contributed by atoms with Crippen LogP contribution in [0.15, 0.2) is 63.2 Å². The zero-order chi connectivity index (χ0) is 24.8. The molecule has 0 radical (unpaired) electrons. The summed E-state index contributed by atoms with van der Waals surface area (Å²) in [5.74, 6) is -0.246. The third-order valence-corrected chi connectivity index (χ3v) is 7.13. The van der Waals surface area contributed by atoms with Crippen molar-refractivity contribution >= 4 is 20.8 Å². The molecule has 0 N–H and O–H groups in total.